The van der Waals surface area contributed by atoms with Crippen molar-refractivity contribution in [3.63, 3.8) is 0 Å². The van der Waals surface area contributed by atoms with Gasteiger partial charge in [-0.3, -0.25) is 0 Å². The summed E-state index contributed by atoms with van der Waals surface area (Å²) in [6, 6.07) is 10.5. The summed E-state index contributed by atoms with van der Waals surface area (Å²) in [4.78, 5) is 7.89. The van der Waals surface area contributed by atoms with E-state index in [2.05, 4.69) is 9.97 Å². The second kappa shape index (κ2) is 7.07. The number of hydrogen-bond donors (Lipinski definition) is 0. The smallest absolute Gasteiger partial charge is 0.422 e. The Morgan fingerprint density at radius 2 is 1.58 bits per heavy atom. The summed E-state index contributed by atoms with van der Waals surface area (Å²) in [6.07, 6.45) is -3.28. The van der Waals surface area contributed by atoms with Gasteiger partial charge in [0.05, 0.1) is 25.1 Å². The molecular formula is C18H15F3N2O3. The van der Waals surface area contributed by atoms with Gasteiger partial charge in [0.15, 0.2) is 18.1 Å². The largest absolute Gasteiger partial charge is 0.493 e. The van der Waals surface area contributed by atoms with Crippen molar-refractivity contribution >= 4 is 10.9 Å². The molecule has 0 aliphatic carbocycles. The van der Waals surface area contributed by atoms with Crippen LogP contribution in [0.1, 0.15) is 0 Å². The fourth-order valence-electron chi connectivity index (χ4n) is 2.49. The number of alkyl halides is 3. The van der Waals surface area contributed by atoms with E-state index in [0.717, 1.165) is 11.1 Å². The topological polar surface area (TPSA) is 53.5 Å². The first-order chi connectivity index (χ1) is 12.4. The number of hydrogen-bond acceptors (Lipinski definition) is 5. The highest BCUT2D eigenvalue weighted by molar-refractivity contribution is 5.88. The molecule has 0 unspecified atom stereocenters. The normalized spacial score (nSPS) is 11.4. The van der Waals surface area contributed by atoms with Crippen molar-refractivity contribution in [1.82, 2.24) is 9.97 Å². The molecule has 2 aromatic carbocycles. The average Bonchev–Trinajstić information content (AvgIpc) is 2.64. The van der Waals surface area contributed by atoms with Crippen molar-refractivity contribution in [1.29, 1.82) is 0 Å². The molecule has 0 aliphatic heterocycles. The van der Waals surface area contributed by atoms with Crippen LogP contribution in [0.25, 0.3) is 22.0 Å². The number of rotatable bonds is 5. The van der Waals surface area contributed by atoms with Crippen LogP contribution in [0.15, 0.2) is 42.7 Å². The number of ether oxygens (including phenoxy) is 3. The zero-order valence-corrected chi connectivity index (χ0v) is 14.0. The van der Waals surface area contributed by atoms with Gasteiger partial charge in [-0.2, -0.15) is 13.2 Å². The zero-order chi connectivity index (χ0) is 18.7. The number of nitrogens with zero attached hydrogens (tertiary/aromatic N) is 2. The summed E-state index contributed by atoms with van der Waals surface area (Å²) >= 11 is 0. The molecule has 8 heteroatoms. The van der Waals surface area contributed by atoms with Crippen molar-refractivity contribution in [2.24, 2.45) is 0 Å². The zero-order valence-electron chi connectivity index (χ0n) is 14.0. The minimum absolute atomic E-state index is 0.116. The van der Waals surface area contributed by atoms with E-state index in [1.165, 1.54) is 20.5 Å². The van der Waals surface area contributed by atoms with Crippen molar-refractivity contribution in [3.05, 3.63) is 42.7 Å². The fraction of sp³-hybridized carbons (Fsp3) is 0.222. The van der Waals surface area contributed by atoms with Gasteiger partial charge in [-0.05, 0) is 35.4 Å². The summed E-state index contributed by atoms with van der Waals surface area (Å²) in [7, 11) is 3.06. The molecule has 0 radical (unpaired) electrons. The van der Waals surface area contributed by atoms with Gasteiger partial charge >= 0.3 is 6.18 Å². The Morgan fingerprint density at radius 1 is 0.885 bits per heavy atom. The summed E-state index contributed by atoms with van der Waals surface area (Å²) in [6.45, 7) is -1.42. The maximum Gasteiger partial charge on any atom is 0.422 e. The van der Waals surface area contributed by atoms with E-state index in [1.807, 2.05) is 12.1 Å². The molecule has 0 aliphatic rings. The highest BCUT2D eigenvalue weighted by Crippen LogP contribution is 2.34. The number of aromatic nitrogens is 2. The van der Waals surface area contributed by atoms with Crippen LogP contribution < -0.4 is 14.2 Å². The average molecular weight is 364 g/mol. The first-order valence-electron chi connectivity index (χ1n) is 7.58. The van der Waals surface area contributed by atoms with Gasteiger partial charge < -0.3 is 14.2 Å². The Balaban J connectivity index is 2.03. The molecule has 26 heavy (non-hydrogen) atoms. The van der Waals surface area contributed by atoms with E-state index >= 15 is 0 Å². The minimum Gasteiger partial charge on any atom is -0.493 e. The summed E-state index contributed by atoms with van der Waals surface area (Å²) in [5.41, 5.74) is 2.04. The van der Waals surface area contributed by atoms with Crippen LogP contribution in [0.5, 0.6) is 17.4 Å². The molecule has 0 atom stereocenters. The molecule has 0 saturated carbocycles. The summed E-state index contributed by atoms with van der Waals surface area (Å²) in [5, 5.41) is 0.393. The predicted molar refractivity (Wildman–Crippen MR) is 89.6 cm³/mol. The van der Waals surface area contributed by atoms with Crippen LogP contribution in [0, 0.1) is 0 Å². The minimum atomic E-state index is -4.45. The number of halogens is 3. The number of benzene rings is 2. The second-order valence-corrected chi connectivity index (χ2v) is 5.38. The van der Waals surface area contributed by atoms with Gasteiger partial charge in [0.2, 0.25) is 5.88 Å². The van der Waals surface area contributed by atoms with Crippen molar-refractivity contribution in [2.75, 3.05) is 20.8 Å². The lowest BCUT2D eigenvalue weighted by molar-refractivity contribution is -0.153. The van der Waals surface area contributed by atoms with Gasteiger partial charge in [-0.1, -0.05) is 12.1 Å². The summed E-state index contributed by atoms with van der Waals surface area (Å²) < 4.78 is 52.7. The lowest BCUT2D eigenvalue weighted by Gasteiger charge is -2.12. The molecule has 1 aromatic heterocycles. The molecule has 3 rings (SSSR count). The van der Waals surface area contributed by atoms with Crippen LogP contribution in [-0.2, 0) is 0 Å². The molecule has 3 aromatic rings. The van der Waals surface area contributed by atoms with Crippen LogP contribution in [0.3, 0.4) is 0 Å². The quantitative estimate of drug-likeness (QED) is 0.677. The third-order valence-electron chi connectivity index (χ3n) is 3.69. The van der Waals surface area contributed by atoms with E-state index < -0.39 is 12.8 Å². The van der Waals surface area contributed by atoms with Crippen LogP contribution in [-0.4, -0.2) is 37.0 Å². The number of methoxy groups -OCH3 is 2. The Hall–Kier alpha value is -3.03. The van der Waals surface area contributed by atoms with E-state index in [4.69, 9.17) is 14.2 Å². The maximum absolute atomic E-state index is 12.4. The van der Waals surface area contributed by atoms with Crippen LogP contribution >= 0.6 is 0 Å². The summed E-state index contributed by atoms with van der Waals surface area (Å²) in [5.74, 6) is 1.01. The monoisotopic (exact) mass is 364 g/mol. The maximum atomic E-state index is 12.4. The molecule has 0 saturated heterocycles. The van der Waals surface area contributed by atoms with E-state index in [-0.39, 0.29) is 5.88 Å². The Bertz CT molecular complexity index is 929. The van der Waals surface area contributed by atoms with Gasteiger partial charge in [0, 0.05) is 0 Å². The van der Waals surface area contributed by atoms with E-state index in [0.29, 0.717) is 22.4 Å². The van der Waals surface area contributed by atoms with Gasteiger partial charge in [0.25, 0.3) is 0 Å². The highest BCUT2D eigenvalue weighted by Gasteiger charge is 2.29. The predicted octanol–water partition coefficient (Wildman–Crippen LogP) is 4.26. The molecule has 136 valence electrons. The highest BCUT2D eigenvalue weighted by atomic mass is 19.4. The molecule has 5 nitrogen and oxygen atoms in total. The van der Waals surface area contributed by atoms with Crippen molar-refractivity contribution in [3.8, 4) is 28.5 Å². The van der Waals surface area contributed by atoms with Gasteiger partial charge in [-0.25, -0.2) is 9.97 Å². The standard InChI is InChI=1S/C18H15F3N2O3/c1-24-15-6-4-12(8-16(15)25-2)11-3-5-14-13(7-11)17(23-10-22-14)26-9-18(19,20)21/h3-8,10H,9H2,1-2H3. The lowest BCUT2D eigenvalue weighted by Crippen LogP contribution is -2.19. The van der Waals surface area contributed by atoms with Crippen LogP contribution in [0.4, 0.5) is 13.2 Å². The third kappa shape index (κ3) is 3.79. The first kappa shape index (κ1) is 17.8. The molecule has 1 heterocycles. The van der Waals surface area contributed by atoms with E-state index in [1.54, 1.807) is 24.3 Å². The first-order valence-corrected chi connectivity index (χ1v) is 7.58. The SMILES string of the molecule is COc1ccc(-c2ccc3ncnc(OCC(F)(F)F)c3c2)cc1OC. The van der Waals surface area contributed by atoms with Crippen molar-refractivity contribution in [2.45, 2.75) is 6.18 Å². The van der Waals surface area contributed by atoms with Gasteiger partial charge in [0.1, 0.15) is 6.33 Å². The third-order valence-corrected chi connectivity index (χ3v) is 3.69. The molecule has 0 fully saturated rings. The van der Waals surface area contributed by atoms with Crippen molar-refractivity contribution < 1.29 is 27.4 Å². The number of fused-ring (bicyclic) bond motifs is 1. The molecular weight excluding hydrogens is 349 g/mol. The Labute approximate surface area is 147 Å². The Kier molecular flexibility index (Phi) is 4.83. The molecule has 0 amide bonds. The molecule has 0 spiro atoms. The lowest BCUT2D eigenvalue weighted by atomic mass is 10.0. The Morgan fingerprint density at radius 3 is 2.27 bits per heavy atom. The fourth-order valence-corrected chi connectivity index (χ4v) is 2.49. The molecule has 0 bridgehead atoms. The van der Waals surface area contributed by atoms with E-state index in [9.17, 15) is 13.2 Å². The second-order valence-electron chi connectivity index (χ2n) is 5.38. The van der Waals surface area contributed by atoms with Crippen LogP contribution in [0.2, 0.25) is 0 Å². The van der Waals surface area contributed by atoms with Gasteiger partial charge in [-0.15, -0.1) is 0 Å². The molecule has 0 N–H and O–H groups in total.